The van der Waals surface area contributed by atoms with Crippen molar-refractivity contribution in [2.75, 3.05) is 10.6 Å². The molecule has 0 aliphatic carbocycles. The maximum absolute atomic E-state index is 13.2. The highest BCUT2D eigenvalue weighted by atomic mass is 35.5. The lowest BCUT2D eigenvalue weighted by Gasteiger charge is -2.09. The van der Waals surface area contributed by atoms with Crippen molar-refractivity contribution >= 4 is 35.0 Å². The molecule has 4 N–H and O–H groups in total. The van der Waals surface area contributed by atoms with Crippen molar-refractivity contribution in [3.8, 4) is 0 Å². The molecule has 0 amide bonds. The van der Waals surface area contributed by atoms with Crippen molar-refractivity contribution in [1.29, 1.82) is 0 Å². The molecule has 230 valence electrons. The lowest BCUT2D eigenvalue weighted by molar-refractivity contribution is 0.507. The molecule has 0 saturated carbocycles. The van der Waals surface area contributed by atoms with Crippen LogP contribution < -0.4 is 16.4 Å². The van der Waals surface area contributed by atoms with E-state index in [2.05, 4.69) is 30.6 Å². The predicted molar refractivity (Wildman–Crippen MR) is 156 cm³/mol. The summed E-state index contributed by atoms with van der Waals surface area (Å²) in [4.78, 5) is 15.5. The van der Waals surface area contributed by atoms with Crippen LogP contribution in [0.15, 0.2) is 79.1 Å². The molecule has 2 heterocycles. The van der Waals surface area contributed by atoms with Crippen LogP contribution in [0, 0.1) is 34.9 Å². The van der Waals surface area contributed by atoms with Crippen molar-refractivity contribution in [3.63, 3.8) is 0 Å². The van der Waals surface area contributed by atoms with Crippen molar-refractivity contribution in [3.05, 3.63) is 141 Å². The number of hydrogen-bond donors (Lipinski definition) is 3. The highest BCUT2D eigenvalue weighted by Crippen LogP contribution is 2.14. The summed E-state index contributed by atoms with van der Waals surface area (Å²) in [5.74, 6) is -4.58. The Labute approximate surface area is 258 Å². The molecule has 0 unspecified atom stereocenters. The van der Waals surface area contributed by atoms with Crippen LogP contribution in [0.25, 0.3) is 0 Å². The first-order valence-electron chi connectivity index (χ1n) is 12.5. The Balaban J connectivity index is 0.000000238. The molecule has 7 nitrogen and oxygen atoms in total. The summed E-state index contributed by atoms with van der Waals surface area (Å²) in [7, 11) is 0. The summed E-state index contributed by atoms with van der Waals surface area (Å²) in [5.41, 5.74) is 6.87. The van der Waals surface area contributed by atoms with Crippen LogP contribution in [0.5, 0.6) is 0 Å². The molecule has 0 spiro atoms. The SMILES string of the molecule is Clc1ccnc(Cl)n1.Fc1ccc(CNc2ccnc(NCc3ccc(F)c(F)c3)n2)cc1F.NCc1ccc(F)c(F)c1. The molecule has 0 fully saturated rings. The molecule has 5 rings (SSSR count). The fraction of sp³-hybridized carbons (Fsp3) is 0.103. The molecule has 15 heteroatoms. The zero-order valence-corrected chi connectivity index (χ0v) is 24.0. The van der Waals surface area contributed by atoms with Crippen LogP contribution in [-0.4, -0.2) is 19.9 Å². The van der Waals surface area contributed by atoms with E-state index in [1.807, 2.05) is 0 Å². The third-order valence-electron chi connectivity index (χ3n) is 5.36. The highest BCUT2D eigenvalue weighted by molar-refractivity contribution is 6.31. The van der Waals surface area contributed by atoms with Crippen molar-refractivity contribution < 1.29 is 26.3 Å². The first-order chi connectivity index (χ1) is 21.0. The minimum Gasteiger partial charge on any atom is -0.366 e. The molecule has 0 aliphatic heterocycles. The molecular formula is C29H23Cl2F6N7. The quantitative estimate of drug-likeness (QED) is 0.0952. The van der Waals surface area contributed by atoms with Gasteiger partial charge in [0.1, 0.15) is 11.0 Å². The average molecular weight is 654 g/mol. The number of rotatable bonds is 7. The molecule has 2 aromatic heterocycles. The molecule has 5 aromatic rings. The second kappa shape index (κ2) is 17.0. The van der Waals surface area contributed by atoms with Gasteiger partial charge in [-0.15, -0.1) is 0 Å². The van der Waals surface area contributed by atoms with Crippen LogP contribution in [-0.2, 0) is 19.6 Å². The molecule has 44 heavy (non-hydrogen) atoms. The molecule has 0 radical (unpaired) electrons. The molecule has 0 bridgehead atoms. The second-order valence-corrected chi connectivity index (χ2v) is 9.30. The summed E-state index contributed by atoms with van der Waals surface area (Å²) in [5, 5.41) is 6.42. The van der Waals surface area contributed by atoms with Crippen LogP contribution in [0.1, 0.15) is 16.7 Å². The van der Waals surface area contributed by atoms with Crippen molar-refractivity contribution in [2.45, 2.75) is 19.6 Å². The molecule has 0 saturated heterocycles. The lowest BCUT2D eigenvalue weighted by Crippen LogP contribution is -2.07. The fourth-order valence-electron chi connectivity index (χ4n) is 3.20. The number of anilines is 2. The summed E-state index contributed by atoms with van der Waals surface area (Å²) in [6, 6.07) is 14.0. The maximum Gasteiger partial charge on any atom is 0.224 e. The molecule has 0 atom stereocenters. The van der Waals surface area contributed by atoms with Gasteiger partial charge in [-0.3, -0.25) is 0 Å². The number of aromatic nitrogens is 4. The van der Waals surface area contributed by atoms with E-state index < -0.39 is 34.9 Å². The predicted octanol–water partition coefficient (Wildman–Crippen LogP) is 7.46. The number of nitrogens with two attached hydrogens (primary N) is 1. The Morgan fingerprint density at radius 3 is 1.55 bits per heavy atom. The van der Waals surface area contributed by atoms with Gasteiger partial charge in [-0.1, -0.05) is 29.8 Å². The summed E-state index contributed by atoms with van der Waals surface area (Å²) in [6.45, 7) is 0.692. The highest BCUT2D eigenvalue weighted by Gasteiger charge is 2.06. The lowest BCUT2D eigenvalue weighted by atomic mass is 10.2. The number of hydrogen-bond acceptors (Lipinski definition) is 7. The van der Waals surface area contributed by atoms with Crippen LogP contribution in [0.2, 0.25) is 10.4 Å². The minimum absolute atomic E-state index is 0.178. The molecular weight excluding hydrogens is 631 g/mol. The van der Waals surface area contributed by atoms with Gasteiger partial charge in [0.05, 0.1) is 0 Å². The van der Waals surface area contributed by atoms with Crippen molar-refractivity contribution in [2.24, 2.45) is 5.73 Å². The summed E-state index contributed by atoms with van der Waals surface area (Å²) in [6.07, 6.45) is 3.01. The van der Waals surface area contributed by atoms with E-state index in [-0.39, 0.29) is 30.9 Å². The maximum atomic E-state index is 13.2. The number of nitrogens with one attached hydrogen (secondary N) is 2. The van der Waals surface area contributed by atoms with Crippen LogP contribution >= 0.6 is 23.2 Å². The normalized spacial score (nSPS) is 10.2. The van der Waals surface area contributed by atoms with Gasteiger partial charge in [0.2, 0.25) is 11.2 Å². The average Bonchev–Trinajstić information content (AvgIpc) is 3.00. The third kappa shape index (κ3) is 11.3. The van der Waals surface area contributed by atoms with Gasteiger partial charge in [0.25, 0.3) is 0 Å². The van der Waals surface area contributed by atoms with E-state index in [4.69, 9.17) is 28.9 Å². The number of halogens is 8. The summed E-state index contributed by atoms with van der Waals surface area (Å²) >= 11 is 10.7. The number of nitrogens with zero attached hydrogens (tertiary/aromatic N) is 4. The van der Waals surface area contributed by atoms with Crippen molar-refractivity contribution in [1.82, 2.24) is 19.9 Å². The Morgan fingerprint density at radius 2 is 1.07 bits per heavy atom. The van der Waals surface area contributed by atoms with E-state index in [9.17, 15) is 26.3 Å². The van der Waals surface area contributed by atoms with Gasteiger partial charge in [-0.05, 0) is 76.8 Å². The van der Waals surface area contributed by atoms with E-state index in [0.29, 0.717) is 27.7 Å². The first-order valence-corrected chi connectivity index (χ1v) is 13.3. The number of benzene rings is 3. The van der Waals surface area contributed by atoms with Gasteiger partial charge in [0, 0.05) is 32.0 Å². The van der Waals surface area contributed by atoms with Crippen LogP contribution in [0.3, 0.4) is 0 Å². The van der Waals surface area contributed by atoms with E-state index in [0.717, 1.165) is 36.4 Å². The Hall–Kier alpha value is -4.46. The van der Waals surface area contributed by atoms with Gasteiger partial charge in [-0.25, -0.2) is 41.3 Å². The summed E-state index contributed by atoms with van der Waals surface area (Å²) < 4.78 is 76.8. The van der Waals surface area contributed by atoms with Gasteiger partial charge >= 0.3 is 0 Å². The third-order valence-corrected chi connectivity index (χ3v) is 5.75. The smallest absolute Gasteiger partial charge is 0.224 e. The topological polar surface area (TPSA) is 102 Å². The van der Waals surface area contributed by atoms with E-state index >= 15 is 0 Å². The van der Waals surface area contributed by atoms with E-state index in [1.165, 1.54) is 30.6 Å². The molecule has 3 aromatic carbocycles. The standard InChI is InChI=1S/C18H14F4N4.C7H7F2N.C4H2Cl2N2/c19-13-3-1-11(7-15(13)21)9-24-17-5-6-23-18(26-17)25-10-12-2-4-14(20)16(22)8-12;8-6-2-1-5(4-10)3-7(6)9;5-3-1-2-7-4(6)8-3/h1-8H,9-10H2,(H2,23,24,25,26);1-3H,4,10H2;1-2H. The minimum atomic E-state index is -0.924. The first kappa shape index (κ1) is 34.0. The van der Waals surface area contributed by atoms with E-state index in [1.54, 1.807) is 12.1 Å². The van der Waals surface area contributed by atoms with Gasteiger partial charge in [0.15, 0.2) is 34.9 Å². The second-order valence-electron chi connectivity index (χ2n) is 8.57. The Morgan fingerprint density at radius 1 is 0.568 bits per heavy atom. The fourth-order valence-corrected chi connectivity index (χ4v) is 3.52. The Kier molecular flexibility index (Phi) is 13.1. The van der Waals surface area contributed by atoms with Gasteiger partial charge in [-0.2, -0.15) is 4.98 Å². The zero-order valence-electron chi connectivity index (χ0n) is 22.5. The largest absolute Gasteiger partial charge is 0.366 e. The zero-order chi connectivity index (χ0) is 32.1. The van der Waals surface area contributed by atoms with Crippen LogP contribution in [0.4, 0.5) is 38.1 Å². The van der Waals surface area contributed by atoms with Gasteiger partial charge < -0.3 is 16.4 Å². The molecule has 0 aliphatic rings. The monoisotopic (exact) mass is 653 g/mol. The Bertz CT molecular complexity index is 1590.